The number of benzene rings is 1. The Morgan fingerprint density at radius 3 is 2.62 bits per heavy atom. The summed E-state index contributed by atoms with van der Waals surface area (Å²) in [5, 5.41) is 2.18. The van der Waals surface area contributed by atoms with Crippen LogP contribution in [0, 0.1) is 0 Å². The van der Waals surface area contributed by atoms with E-state index in [1.165, 1.54) is 31.2 Å². The first kappa shape index (κ1) is 15.5. The molecule has 1 aliphatic rings. The molecule has 0 N–H and O–H groups in total. The zero-order chi connectivity index (χ0) is 16.4. The molecule has 4 heteroatoms. The van der Waals surface area contributed by atoms with Crippen LogP contribution in [-0.4, -0.2) is 4.57 Å². The summed E-state index contributed by atoms with van der Waals surface area (Å²) in [5.74, 6) is 0.931. The van der Waals surface area contributed by atoms with Gasteiger partial charge >= 0.3 is 0 Å². The Morgan fingerprint density at radius 1 is 1.17 bits per heavy atom. The normalized spacial score (nSPS) is 16.1. The Morgan fingerprint density at radius 2 is 1.96 bits per heavy atom. The van der Waals surface area contributed by atoms with Gasteiger partial charge in [-0.2, -0.15) is 0 Å². The lowest BCUT2D eigenvalue weighted by Crippen LogP contribution is -2.19. The van der Waals surface area contributed by atoms with Crippen LogP contribution in [0.3, 0.4) is 0 Å². The molecule has 0 saturated heterocycles. The van der Waals surface area contributed by atoms with Gasteiger partial charge in [-0.3, -0.25) is 0 Å². The van der Waals surface area contributed by atoms with Gasteiger partial charge in [0, 0.05) is 11.4 Å². The summed E-state index contributed by atoms with van der Waals surface area (Å²) in [6, 6.07) is 13.1. The van der Waals surface area contributed by atoms with E-state index in [1.54, 1.807) is 17.6 Å². The van der Waals surface area contributed by atoms with Crippen molar-refractivity contribution in [3.63, 3.8) is 0 Å². The summed E-state index contributed by atoms with van der Waals surface area (Å²) >= 11 is 1.70. The van der Waals surface area contributed by atoms with Gasteiger partial charge in [-0.15, -0.1) is 11.3 Å². The van der Waals surface area contributed by atoms with Crippen molar-refractivity contribution in [3.8, 4) is 11.5 Å². The Kier molecular flexibility index (Phi) is 4.39. The third-order valence-corrected chi connectivity index (χ3v) is 5.61. The van der Waals surface area contributed by atoms with Crippen molar-refractivity contribution >= 4 is 17.0 Å². The molecule has 0 aliphatic heterocycles. The van der Waals surface area contributed by atoms with Crippen molar-refractivity contribution in [2.75, 3.05) is 0 Å². The third-order valence-electron chi connectivity index (χ3n) is 4.77. The van der Waals surface area contributed by atoms with Crippen molar-refractivity contribution in [3.05, 3.63) is 58.4 Å². The second kappa shape index (κ2) is 6.81. The number of nitrogens with zero attached hydrogens (tertiary/aromatic N) is 2. The van der Waals surface area contributed by atoms with Crippen LogP contribution in [0.25, 0.3) is 11.5 Å². The predicted octanol–water partition coefficient (Wildman–Crippen LogP) is 5.72. The summed E-state index contributed by atoms with van der Waals surface area (Å²) in [6.07, 6.45) is 7.86. The first-order valence-electron chi connectivity index (χ1n) is 8.72. The van der Waals surface area contributed by atoms with Crippen LogP contribution < -0.4 is 4.80 Å². The van der Waals surface area contributed by atoms with E-state index in [4.69, 9.17) is 9.41 Å². The van der Waals surface area contributed by atoms with E-state index in [1.807, 2.05) is 12.1 Å². The van der Waals surface area contributed by atoms with Gasteiger partial charge in [0.1, 0.15) is 0 Å². The fourth-order valence-corrected chi connectivity index (χ4v) is 4.40. The lowest BCUT2D eigenvalue weighted by atomic mass is 10.2. The predicted molar refractivity (Wildman–Crippen MR) is 98.6 cm³/mol. The molecule has 0 amide bonds. The highest BCUT2D eigenvalue weighted by molar-refractivity contribution is 7.07. The average molecular weight is 338 g/mol. The highest BCUT2D eigenvalue weighted by atomic mass is 32.1. The van der Waals surface area contributed by atoms with E-state index >= 15 is 0 Å². The molecule has 124 valence electrons. The van der Waals surface area contributed by atoms with Crippen molar-refractivity contribution in [1.82, 2.24) is 4.57 Å². The van der Waals surface area contributed by atoms with Gasteiger partial charge in [-0.25, -0.2) is 4.99 Å². The fraction of sp³-hybridized carbons (Fsp3) is 0.350. The molecule has 0 radical (unpaired) electrons. The Bertz CT molecular complexity index is 850. The first-order chi connectivity index (χ1) is 11.8. The van der Waals surface area contributed by atoms with E-state index in [0.717, 1.165) is 28.4 Å². The molecule has 0 atom stereocenters. The molecule has 1 aromatic carbocycles. The van der Waals surface area contributed by atoms with E-state index in [-0.39, 0.29) is 0 Å². The van der Waals surface area contributed by atoms with E-state index in [2.05, 4.69) is 41.1 Å². The highest BCUT2D eigenvalue weighted by Crippen LogP contribution is 2.33. The topological polar surface area (TPSA) is 30.4 Å². The van der Waals surface area contributed by atoms with Crippen LogP contribution in [0.2, 0.25) is 0 Å². The fourth-order valence-electron chi connectivity index (χ4n) is 3.44. The molecule has 2 heterocycles. The SMILES string of the molecule is CCc1ccc(N=c2scc(-c3ccco3)n2C2CCCC2)cc1. The van der Waals surface area contributed by atoms with Gasteiger partial charge in [0.15, 0.2) is 10.6 Å². The van der Waals surface area contributed by atoms with Crippen LogP contribution in [0.1, 0.15) is 44.2 Å². The summed E-state index contributed by atoms with van der Waals surface area (Å²) in [6.45, 7) is 2.18. The Balaban J connectivity index is 1.80. The summed E-state index contributed by atoms with van der Waals surface area (Å²) in [4.78, 5) is 6.00. The Labute approximate surface area is 146 Å². The number of furan rings is 1. The van der Waals surface area contributed by atoms with Crippen LogP contribution in [0.4, 0.5) is 5.69 Å². The number of aryl methyl sites for hydroxylation is 1. The van der Waals surface area contributed by atoms with Crippen molar-refractivity contribution < 1.29 is 4.42 Å². The lowest BCUT2D eigenvalue weighted by Gasteiger charge is -2.14. The van der Waals surface area contributed by atoms with Crippen molar-refractivity contribution in [2.45, 2.75) is 45.1 Å². The molecule has 1 saturated carbocycles. The second-order valence-electron chi connectivity index (χ2n) is 6.32. The molecule has 0 unspecified atom stereocenters. The average Bonchev–Trinajstić information content (AvgIpc) is 3.36. The Hall–Kier alpha value is -2.07. The maximum Gasteiger partial charge on any atom is 0.190 e. The third kappa shape index (κ3) is 2.98. The summed E-state index contributed by atoms with van der Waals surface area (Å²) < 4.78 is 8.05. The summed E-state index contributed by atoms with van der Waals surface area (Å²) in [7, 11) is 0. The second-order valence-corrected chi connectivity index (χ2v) is 7.16. The molecule has 24 heavy (non-hydrogen) atoms. The largest absolute Gasteiger partial charge is 0.463 e. The van der Waals surface area contributed by atoms with Crippen molar-refractivity contribution in [2.24, 2.45) is 4.99 Å². The van der Waals surface area contributed by atoms with Gasteiger partial charge in [-0.1, -0.05) is 31.9 Å². The maximum atomic E-state index is 5.66. The number of aromatic nitrogens is 1. The molecule has 1 fully saturated rings. The quantitative estimate of drug-likeness (QED) is 0.598. The highest BCUT2D eigenvalue weighted by Gasteiger charge is 2.22. The molecule has 3 aromatic rings. The smallest absolute Gasteiger partial charge is 0.190 e. The van der Waals surface area contributed by atoms with Gasteiger partial charge in [0.2, 0.25) is 0 Å². The van der Waals surface area contributed by atoms with E-state index in [9.17, 15) is 0 Å². The number of rotatable bonds is 4. The zero-order valence-electron chi connectivity index (χ0n) is 13.9. The lowest BCUT2D eigenvalue weighted by molar-refractivity contribution is 0.499. The van der Waals surface area contributed by atoms with Crippen LogP contribution in [0.15, 0.2) is 57.5 Å². The molecular weight excluding hydrogens is 316 g/mol. The standard InChI is InChI=1S/C20H22N2OS/c1-2-15-9-11-16(12-10-15)21-20-22(17-6-3-4-7-17)18(14-24-20)19-8-5-13-23-19/h5,8-14,17H,2-4,6-7H2,1H3. The van der Waals surface area contributed by atoms with E-state index < -0.39 is 0 Å². The van der Waals surface area contributed by atoms with Crippen LogP contribution in [0.5, 0.6) is 0 Å². The minimum Gasteiger partial charge on any atom is -0.463 e. The molecule has 3 nitrogen and oxygen atoms in total. The molecule has 2 aromatic heterocycles. The molecule has 4 rings (SSSR count). The minimum atomic E-state index is 0.532. The van der Waals surface area contributed by atoms with Gasteiger partial charge < -0.3 is 8.98 Å². The van der Waals surface area contributed by atoms with Crippen LogP contribution >= 0.6 is 11.3 Å². The maximum absolute atomic E-state index is 5.66. The number of hydrogen-bond donors (Lipinski definition) is 0. The van der Waals surface area contributed by atoms with Crippen molar-refractivity contribution in [1.29, 1.82) is 0 Å². The summed E-state index contributed by atoms with van der Waals surface area (Å²) in [5.41, 5.74) is 3.52. The zero-order valence-corrected chi connectivity index (χ0v) is 14.8. The molecule has 1 aliphatic carbocycles. The first-order valence-corrected chi connectivity index (χ1v) is 9.60. The number of thiazole rings is 1. The van der Waals surface area contributed by atoms with Gasteiger partial charge in [-0.05, 0) is 49.1 Å². The van der Waals surface area contributed by atoms with Gasteiger partial charge in [0.25, 0.3) is 0 Å². The minimum absolute atomic E-state index is 0.532. The monoisotopic (exact) mass is 338 g/mol. The van der Waals surface area contributed by atoms with Crippen LogP contribution in [-0.2, 0) is 6.42 Å². The number of hydrogen-bond acceptors (Lipinski definition) is 3. The van der Waals surface area contributed by atoms with E-state index in [0.29, 0.717) is 6.04 Å². The molecule has 0 bridgehead atoms. The molecule has 0 spiro atoms. The molecular formula is C20H22N2OS. The van der Waals surface area contributed by atoms with Gasteiger partial charge in [0.05, 0.1) is 17.6 Å².